The van der Waals surface area contributed by atoms with Gasteiger partial charge in [-0.1, -0.05) is 25.0 Å². The van der Waals surface area contributed by atoms with Crippen LogP contribution in [0.1, 0.15) is 36.8 Å². The number of hydrogen-bond acceptors (Lipinski definition) is 7. The lowest BCUT2D eigenvalue weighted by molar-refractivity contribution is -0.150. The summed E-state index contributed by atoms with van der Waals surface area (Å²) in [5, 5.41) is 4.52. The summed E-state index contributed by atoms with van der Waals surface area (Å²) in [6.45, 7) is 2.67. The zero-order valence-corrected chi connectivity index (χ0v) is 20.2. The van der Waals surface area contributed by atoms with Gasteiger partial charge in [-0.15, -0.1) is 0 Å². The SMILES string of the molecule is COc1ccc(NC(=O)NC(=O)COC(=O)C2(S(=O)(=O)c3cc(C)ccc3C)CCCC2)cc1. The Labute approximate surface area is 198 Å². The van der Waals surface area contributed by atoms with E-state index in [1.165, 1.54) is 7.11 Å². The minimum atomic E-state index is -4.07. The molecule has 1 aliphatic rings. The summed E-state index contributed by atoms with van der Waals surface area (Å²) >= 11 is 0. The largest absolute Gasteiger partial charge is 0.497 e. The van der Waals surface area contributed by atoms with E-state index in [9.17, 15) is 22.8 Å². The lowest BCUT2D eigenvalue weighted by Gasteiger charge is -2.27. The van der Waals surface area contributed by atoms with Gasteiger partial charge in [0, 0.05) is 5.69 Å². The summed E-state index contributed by atoms with van der Waals surface area (Å²) in [5.74, 6) is -1.25. The molecule has 0 spiro atoms. The lowest BCUT2D eigenvalue weighted by atomic mass is 10.1. The Hall–Kier alpha value is -3.40. The van der Waals surface area contributed by atoms with Crippen molar-refractivity contribution in [2.24, 2.45) is 0 Å². The number of carbonyl (C=O) groups excluding carboxylic acids is 3. The van der Waals surface area contributed by atoms with Gasteiger partial charge in [-0.25, -0.2) is 13.2 Å². The molecule has 0 heterocycles. The van der Waals surface area contributed by atoms with Crippen LogP contribution in [0.4, 0.5) is 10.5 Å². The molecule has 0 radical (unpaired) electrons. The Morgan fingerprint density at radius 2 is 1.65 bits per heavy atom. The van der Waals surface area contributed by atoms with Crippen molar-refractivity contribution in [2.45, 2.75) is 49.2 Å². The molecule has 0 saturated heterocycles. The van der Waals surface area contributed by atoms with Crippen LogP contribution in [0.5, 0.6) is 5.75 Å². The molecule has 2 aromatic rings. The molecule has 0 aromatic heterocycles. The van der Waals surface area contributed by atoms with Crippen LogP contribution < -0.4 is 15.4 Å². The van der Waals surface area contributed by atoms with Gasteiger partial charge in [0.25, 0.3) is 5.91 Å². The van der Waals surface area contributed by atoms with Crippen molar-refractivity contribution >= 4 is 33.4 Å². The summed E-state index contributed by atoms with van der Waals surface area (Å²) in [5.41, 5.74) is 1.72. The first-order valence-electron chi connectivity index (χ1n) is 10.8. The lowest BCUT2D eigenvalue weighted by Crippen LogP contribution is -2.47. The Bertz CT molecular complexity index is 1180. The van der Waals surface area contributed by atoms with E-state index in [1.807, 2.05) is 0 Å². The number of nitrogens with one attached hydrogen (secondary N) is 2. The second kappa shape index (κ2) is 10.3. The van der Waals surface area contributed by atoms with E-state index in [2.05, 4.69) is 10.6 Å². The zero-order valence-electron chi connectivity index (χ0n) is 19.3. The molecule has 0 unspecified atom stereocenters. The molecule has 1 fully saturated rings. The topological polar surface area (TPSA) is 128 Å². The van der Waals surface area contributed by atoms with Gasteiger partial charge in [-0.2, -0.15) is 0 Å². The van der Waals surface area contributed by atoms with Gasteiger partial charge in [0.15, 0.2) is 21.2 Å². The monoisotopic (exact) mass is 488 g/mol. The average Bonchev–Trinajstić information content (AvgIpc) is 3.31. The van der Waals surface area contributed by atoms with Gasteiger partial charge in [-0.3, -0.25) is 14.9 Å². The first-order valence-corrected chi connectivity index (χ1v) is 12.3. The van der Waals surface area contributed by atoms with Crippen molar-refractivity contribution in [2.75, 3.05) is 19.0 Å². The highest BCUT2D eigenvalue weighted by atomic mass is 32.2. The number of hydrogen-bond donors (Lipinski definition) is 2. The van der Waals surface area contributed by atoms with Crippen molar-refractivity contribution in [1.82, 2.24) is 5.32 Å². The van der Waals surface area contributed by atoms with Crippen LogP contribution in [0.25, 0.3) is 0 Å². The number of urea groups is 1. The number of methoxy groups -OCH3 is 1. The number of esters is 1. The van der Waals surface area contributed by atoms with Gasteiger partial charge in [0.1, 0.15) is 5.75 Å². The third-order valence-corrected chi connectivity index (χ3v) is 8.49. The molecule has 2 N–H and O–H groups in total. The van der Waals surface area contributed by atoms with E-state index < -0.39 is 39.1 Å². The summed E-state index contributed by atoms with van der Waals surface area (Å²) in [6.07, 6.45) is 1.33. The minimum Gasteiger partial charge on any atom is -0.497 e. The Morgan fingerprint density at radius 1 is 1.00 bits per heavy atom. The maximum atomic E-state index is 13.6. The molecule has 3 amide bonds. The van der Waals surface area contributed by atoms with Crippen molar-refractivity contribution in [3.63, 3.8) is 0 Å². The number of amides is 3. The van der Waals surface area contributed by atoms with Crippen LogP contribution in [-0.2, 0) is 24.2 Å². The first-order chi connectivity index (χ1) is 16.1. The van der Waals surface area contributed by atoms with E-state index in [1.54, 1.807) is 56.3 Å². The molecule has 0 bridgehead atoms. The summed E-state index contributed by atoms with van der Waals surface area (Å²) in [6, 6.07) is 10.7. The predicted octanol–water partition coefficient (Wildman–Crippen LogP) is 3.29. The quantitative estimate of drug-likeness (QED) is 0.572. The maximum absolute atomic E-state index is 13.6. The van der Waals surface area contributed by atoms with Crippen LogP contribution in [-0.4, -0.2) is 44.8 Å². The van der Waals surface area contributed by atoms with Crippen molar-refractivity contribution in [1.29, 1.82) is 0 Å². The average molecular weight is 489 g/mol. The molecule has 0 atom stereocenters. The number of imide groups is 1. The molecular weight excluding hydrogens is 460 g/mol. The number of carbonyl (C=O) groups is 3. The van der Waals surface area contributed by atoms with Crippen LogP contribution in [0.2, 0.25) is 0 Å². The van der Waals surface area contributed by atoms with Crippen molar-refractivity contribution < 1.29 is 32.3 Å². The van der Waals surface area contributed by atoms with E-state index in [4.69, 9.17) is 9.47 Å². The third-order valence-electron chi connectivity index (χ3n) is 5.87. The molecule has 2 aromatic carbocycles. The third kappa shape index (κ3) is 5.22. The van der Waals surface area contributed by atoms with Crippen LogP contribution in [0.3, 0.4) is 0 Å². The summed E-state index contributed by atoms with van der Waals surface area (Å²) in [7, 11) is -2.55. The van der Waals surface area contributed by atoms with Gasteiger partial charge in [-0.05, 0) is 68.1 Å². The summed E-state index contributed by atoms with van der Waals surface area (Å²) < 4.78 is 35.5. The fourth-order valence-electron chi connectivity index (χ4n) is 4.00. The number of rotatable bonds is 7. The molecule has 1 aliphatic carbocycles. The van der Waals surface area contributed by atoms with Crippen LogP contribution in [0.15, 0.2) is 47.4 Å². The zero-order chi connectivity index (χ0) is 24.9. The smallest absolute Gasteiger partial charge is 0.328 e. The maximum Gasteiger partial charge on any atom is 0.328 e. The van der Waals surface area contributed by atoms with Gasteiger partial charge < -0.3 is 14.8 Å². The van der Waals surface area contributed by atoms with E-state index in [-0.39, 0.29) is 17.7 Å². The van der Waals surface area contributed by atoms with Crippen molar-refractivity contribution in [3.05, 3.63) is 53.6 Å². The molecule has 34 heavy (non-hydrogen) atoms. The number of anilines is 1. The molecule has 10 heteroatoms. The molecule has 182 valence electrons. The molecular formula is C24H28N2O7S. The van der Waals surface area contributed by atoms with E-state index >= 15 is 0 Å². The summed E-state index contributed by atoms with van der Waals surface area (Å²) in [4.78, 5) is 37.3. The fourth-order valence-corrected chi connectivity index (χ4v) is 6.36. The van der Waals surface area contributed by atoms with Crippen LogP contribution >= 0.6 is 0 Å². The number of aryl methyl sites for hydroxylation is 2. The van der Waals surface area contributed by atoms with E-state index in [0.717, 1.165) is 5.56 Å². The van der Waals surface area contributed by atoms with Gasteiger partial charge >= 0.3 is 12.0 Å². The molecule has 9 nitrogen and oxygen atoms in total. The Morgan fingerprint density at radius 3 is 2.26 bits per heavy atom. The van der Waals surface area contributed by atoms with Gasteiger partial charge in [0.05, 0.1) is 12.0 Å². The highest BCUT2D eigenvalue weighted by molar-refractivity contribution is 7.93. The van der Waals surface area contributed by atoms with Crippen molar-refractivity contribution in [3.8, 4) is 5.75 Å². The normalized spacial score (nSPS) is 14.8. The number of ether oxygens (including phenoxy) is 2. The fraction of sp³-hybridized carbons (Fsp3) is 0.375. The highest BCUT2D eigenvalue weighted by Gasteiger charge is 2.54. The first kappa shape index (κ1) is 25.2. The Kier molecular flexibility index (Phi) is 7.61. The second-order valence-electron chi connectivity index (χ2n) is 8.28. The molecule has 0 aliphatic heterocycles. The van der Waals surface area contributed by atoms with Crippen LogP contribution in [0, 0.1) is 13.8 Å². The second-order valence-corrected chi connectivity index (χ2v) is 10.5. The van der Waals surface area contributed by atoms with Gasteiger partial charge in [0.2, 0.25) is 0 Å². The molecule has 3 rings (SSSR count). The predicted molar refractivity (Wildman–Crippen MR) is 125 cm³/mol. The molecule has 1 saturated carbocycles. The van der Waals surface area contributed by atoms with E-state index in [0.29, 0.717) is 29.8 Å². The number of benzene rings is 2. The number of sulfone groups is 1. The minimum absolute atomic E-state index is 0.0923. The highest BCUT2D eigenvalue weighted by Crippen LogP contribution is 2.42. The standard InChI is InChI=1S/C24H28N2O7S/c1-16-6-7-17(2)20(14-16)34(30,31)24(12-4-5-13-24)22(28)33-15-21(27)26-23(29)25-18-8-10-19(32-3)11-9-18/h6-11,14H,4-5,12-13,15H2,1-3H3,(H2,25,26,27,29). The Balaban J connectivity index is 1.66.